The predicted octanol–water partition coefficient (Wildman–Crippen LogP) is 8.73. The third kappa shape index (κ3) is 8.80. The van der Waals surface area contributed by atoms with Gasteiger partial charge in [-0.1, -0.05) is 23.2 Å². The molecule has 10 rings (SSSR count). The second-order valence-corrected chi connectivity index (χ2v) is 19.5. The molecule has 4 aliphatic rings. The Morgan fingerprint density at radius 1 is 0.636 bits per heavy atom. The van der Waals surface area contributed by atoms with Crippen molar-refractivity contribution < 1.29 is 38.1 Å². The lowest BCUT2D eigenvalue weighted by atomic mass is 9.85. The Labute approximate surface area is 390 Å². The van der Waals surface area contributed by atoms with Crippen LogP contribution in [0.2, 0.25) is 10.0 Å². The van der Waals surface area contributed by atoms with Crippen molar-refractivity contribution in [3.8, 4) is 11.5 Å². The van der Waals surface area contributed by atoms with Gasteiger partial charge in [-0.25, -0.2) is 27.8 Å². The fourth-order valence-corrected chi connectivity index (χ4v) is 9.66. The van der Waals surface area contributed by atoms with Crippen LogP contribution in [-0.2, 0) is 26.2 Å². The molecule has 0 atom stereocenters. The zero-order chi connectivity index (χ0) is 47.0. The highest BCUT2D eigenvalue weighted by Crippen LogP contribution is 2.37. The summed E-state index contributed by atoms with van der Waals surface area (Å²) < 4.78 is 43.7. The Morgan fingerprint density at radius 2 is 1.00 bits per heavy atom. The molecule has 0 spiro atoms. The maximum absolute atomic E-state index is 14.0. The van der Waals surface area contributed by atoms with Gasteiger partial charge in [0.05, 0.1) is 105 Å². The Morgan fingerprint density at radius 3 is 1.36 bits per heavy atom. The van der Waals surface area contributed by atoms with E-state index in [2.05, 4.69) is 20.2 Å². The Balaban J connectivity index is 0.000000166. The first-order chi connectivity index (χ1) is 31.3. The summed E-state index contributed by atoms with van der Waals surface area (Å²) in [6.45, 7) is 12.5. The molecular weight excluding hydrogens is 893 g/mol. The van der Waals surface area contributed by atoms with Gasteiger partial charge in [0.2, 0.25) is 0 Å². The lowest BCUT2D eigenvalue weighted by Gasteiger charge is -2.33. The standard InChI is InChI=1S/2C24H26ClFN4O3/c2*1-13-21(25)14(2)30-22(27-13)18-11-29(12-19(18)28-30)23(31)17-5-4-15(26)10-20(17)33-16-6-8-24(3,32)9-7-16/h2*4-5,10,16,32H,6-9,11-12H2,1-3H3. The first-order valence-electron chi connectivity index (χ1n) is 22.3. The van der Waals surface area contributed by atoms with Crippen molar-refractivity contribution in [1.29, 1.82) is 0 Å². The quantitative estimate of drug-likeness (QED) is 0.165. The fourth-order valence-electron chi connectivity index (χ4n) is 9.42. The molecule has 0 saturated heterocycles. The van der Waals surface area contributed by atoms with E-state index in [-0.39, 0.29) is 35.5 Å². The summed E-state index contributed by atoms with van der Waals surface area (Å²) in [7, 11) is 0. The summed E-state index contributed by atoms with van der Waals surface area (Å²) in [6, 6.07) is 8.03. The smallest absolute Gasteiger partial charge is 0.258 e. The van der Waals surface area contributed by atoms with Crippen LogP contribution < -0.4 is 9.47 Å². The number of aryl methyl sites for hydroxylation is 4. The number of aromatic nitrogens is 6. The zero-order valence-electron chi connectivity index (χ0n) is 37.7. The molecule has 14 nitrogen and oxygen atoms in total. The van der Waals surface area contributed by atoms with Crippen LogP contribution in [0.4, 0.5) is 8.78 Å². The number of nitrogens with zero attached hydrogens (tertiary/aromatic N) is 8. The monoisotopic (exact) mass is 944 g/mol. The Kier molecular flexibility index (Phi) is 12.0. The Hall–Kier alpha value is -5.42. The highest BCUT2D eigenvalue weighted by atomic mass is 35.5. The highest BCUT2D eigenvalue weighted by Gasteiger charge is 2.36. The molecule has 0 unspecified atom stereocenters. The number of carbonyl (C=O) groups is 2. The Bertz CT molecular complexity index is 2720. The fraction of sp³-hybridized carbons (Fsp3) is 0.458. The van der Waals surface area contributed by atoms with Crippen molar-refractivity contribution in [2.45, 2.75) is 142 Å². The molecule has 66 heavy (non-hydrogen) atoms. The molecule has 6 heterocycles. The molecule has 2 amide bonds. The van der Waals surface area contributed by atoms with Gasteiger partial charge in [-0.3, -0.25) is 9.59 Å². The summed E-state index contributed by atoms with van der Waals surface area (Å²) in [5.41, 5.74) is 7.04. The lowest BCUT2D eigenvalue weighted by molar-refractivity contribution is -0.0113. The number of benzene rings is 2. The number of fused-ring (bicyclic) bond motifs is 6. The average molecular weight is 946 g/mol. The number of amides is 2. The van der Waals surface area contributed by atoms with Gasteiger partial charge in [0.15, 0.2) is 11.3 Å². The molecule has 2 aromatic carbocycles. The SMILES string of the molecule is Cc1nc2c3c(nn2c(C)c1Cl)CN(C(=O)c1ccc(F)cc1OC1CCC(C)(O)CC1)C3.Cc1nc2c3c(nn2c(C)c1Cl)CN(C(=O)c1ccc(F)cc1OC1CCC(C)(O)CC1)C3. The van der Waals surface area contributed by atoms with Crippen molar-refractivity contribution in [3.05, 3.63) is 114 Å². The van der Waals surface area contributed by atoms with Gasteiger partial charge in [-0.15, -0.1) is 0 Å². The molecule has 2 N–H and O–H groups in total. The second kappa shape index (κ2) is 17.3. The van der Waals surface area contributed by atoms with Crippen molar-refractivity contribution in [2.75, 3.05) is 0 Å². The van der Waals surface area contributed by atoms with Crippen LogP contribution >= 0.6 is 23.2 Å². The minimum atomic E-state index is -0.699. The maximum atomic E-state index is 14.0. The summed E-state index contributed by atoms with van der Waals surface area (Å²) in [6.07, 6.45) is 4.68. The van der Waals surface area contributed by atoms with Gasteiger partial charge in [-0.05, 0) is 117 Å². The predicted molar refractivity (Wildman–Crippen MR) is 242 cm³/mol. The number of rotatable bonds is 6. The van der Waals surface area contributed by atoms with Crippen LogP contribution in [0.15, 0.2) is 36.4 Å². The molecule has 2 fully saturated rings. The summed E-state index contributed by atoms with van der Waals surface area (Å²) in [5, 5.41) is 30.8. The normalized spacial score (nSPS) is 22.6. The van der Waals surface area contributed by atoms with E-state index in [9.17, 15) is 28.6 Å². The van der Waals surface area contributed by atoms with Crippen LogP contribution in [0.5, 0.6) is 11.5 Å². The van der Waals surface area contributed by atoms with Crippen LogP contribution in [0.1, 0.15) is 131 Å². The molecule has 2 aliphatic heterocycles. The number of hydrogen-bond donors (Lipinski definition) is 2. The number of aliphatic hydroxyl groups is 2. The third-order valence-corrected chi connectivity index (χ3v) is 14.5. The van der Waals surface area contributed by atoms with Crippen LogP contribution in [0.3, 0.4) is 0 Å². The van der Waals surface area contributed by atoms with Crippen LogP contribution in [-0.4, -0.2) is 84.4 Å². The van der Waals surface area contributed by atoms with Gasteiger partial charge in [-0.2, -0.15) is 10.2 Å². The van der Waals surface area contributed by atoms with Crippen molar-refractivity contribution in [3.63, 3.8) is 0 Å². The van der Waals surface area contributed by atoms with E-state index in [1.54, 1.807) is 18.8 Å². The molecule has 18 heteroatoms. The van der Waals surface area contributed by atoms with E-state index in [0.29, 0.717) is 110 Å². The van der Waals surface area contributed by atoms with E-state index in [0.717, 1.165) is 45.3 Å². The van der Waals surface area contributed by atoms with Crippen molar-refractivity contribution >= 4 is 46.3 Å². The average Bonchev–Trinajstić information content (AvgIpc) is 4.05. The minimum absolute atomic E-state index is 0.168. The number of hydrogen-bond acceptors (Lipinski definition) is 10. The number of halogens is 4. The van der Waals surface area contributed by atoms with E-state index in [1.165, 1.54) is 36.4 Å². The molecule has 2 aliphatic carbocycles. The highest BCUT2D eigenvalue weighted by molar-refractivity contribution is 6.32. The largest absolute Gasteiger partial charge is 0.489 e. The molecule has 0 bridgehead atoms. The van der Waals surface area contributed by atoms with E-state index < -0.39 is 22.8 Å². The van der Waals surface area contributed by atoms with E-state index >= 15 is 0 Å². The van der Waals surface area contributed by atoms with Gasteiger partial charge < -0.3 is 29.5 Å². The summed E-state index contributed by atoms with van der Waals surface area (Å²) in [4.78, 5) is 39.4. The molecular formula is C48H52Cl2F2N8O6. The van der Waals surface area contributed by atoms with Gasteiger partial charge in [0.25, 0.3) is 11.8 Å². The minimum Gasteiger partial charge on any atom is -0.489 e. The lowest BCUT2D eigenvalue weighted by Crippen LogP contribution is -2.35. The maximum Gasteiger partial charge on any atom is 0.258 e. The molecule has 0 radical (unpaired) electrons. The molecule has 6 aromatic rings. The third-order valence-electron chi connectivity index (χ3n) is 13.4. The van der Waals surface area contributed by atoms with Gasteiger partial charge >= 0.3 is 0 Å². The van der Waals surface area contributed by atoms with Gasteiger partial charge in [0, 0.05) is 23.3 Å². The molecule has 348 valence electrons. The summed E-state index contributed by atoms with van der Waals surface area (Å²) in [5.74, 6) is -0.931. The first kappa shape index (κ1) is 45.7. The van der Waals surface area contributed by atoms with Gasteiger partial charge in [0.1, 0.15) is 23.1 Å². The van der Waals surface area contributed by atoms with Crippen molar-refractivity contribution in [2.24, 2.45) is 0 Å². The van der Waals surface area contributed by atoms with Crippen molar-refractivity contribution in [1.82, 2.24) is 39.0 Å². The number of carbonyl (C=O) groups excluding carboxylic acids is 2. The second-order valence-electron chi connectivity index (χ2n) is 18.7. The molecule has 4 aromatic heterocycles. The van der Waals surface area contributed by atoms with Crippen LogP contribution in [0.25, 0.3) is 11.3 Å². The molecule has 2 saturated carbocycles. The topological polar surface area (TPSA) is 160 Å². The van der Waals surface area contributed by atoms with E-state index in [4.69, 9.17) is 32.7 Å². The zero-order valence-corrected chi connectivity index (χ0v) is 39.2. The van der Waals surface area contributed by atoms with Crippen LogP contribution in [0, 0.1) is 39.3 Å². The summed E-state index contributed by atoms with van der Waals surface area (Å²) >= 11 is 12.6. The first-order valence-corrected chi connectivity index (χ1v) is 23.0. The number of ether oxygens (including phenoxy) is 2. The van der Waals surface area contributed by atoms with E-state index in [1.807, 2.05) is 41.5 Å².